The van der Waals surface area contributed by atoms with Gasteiger partial charge >= 0.3 is 0 Å². The van der Waals surface area contributed by atoms with E-state index in [2.05, 4.69) is 41.5 Å². The van der Waals surface area contributed by atoms with Gasteiger partial charge in [0.1, 0.15) is 17.9 Å². The van der Waals surface area contributed by atoms with Crippen molar-refractivity contribution in [1.29, 1.82) is 0 Å². The third kappa shape index (κ3) is 11.8. The van der Waals surface area contributed by atoms with E-state index in [-0.39, 0.29) is 35.7 Å². The lowest BCUT2D eigenvalue weighted by Gasteiger charge is -2.29. The molecule has 0 saturated heterocycles. The second-order valence-corrected chi connectivity index (χ2v) is 13.9. The molecule has 0 aliphatic heterocycles. The maximum Gasteiger partial charge on any atom is 0.252 e. The van der Waals surface area contributed by atoms with Crippen molar-refractivity contribution < 1.29 is 24.2 Å². The quantitative estimate of drug-likeness (QED) is 0.0998. The predicted octanol–water partition coefficient (Wildman–Crippen LogP) is 3.22. The molecule has 7 N–H and O–H groups in total. The van der Waals surface area contributed by atoms with E-state index in [4.69, 9.17) is 0 Å². The van der Waals surface area contributed by atoms with Crippen LogP contribution in [0.4, 0.5) is 0 Å². The van der Waals surface area contributed by atoms with Crippen LogP contribution in [0, 0.1) is 5.41 Å². The molecule has 2 aromatic carbocycles. The Kier molecular flexibility index (Phi) is 13.6. The Hall–Kier alpha value is -5.10. The highest BCUT2D eigenvalue weighted by Crippen LogP contribution is 2.21. The summed E-state index contributed by atoms with van der Waals surface area (Å²) in [7, 11) is 0. The van der Waals surface area contributed by atoms with E-state index in [0.717, 1.165) is 16.6 Å². The number of fused-ring (bicyclic) bond motifs is 1. The zero-order chi connectivity index (χ0) is 36.1. The summed E-state index contributed by atoms with van der Waals surface area (Å²) >= 11 is 0. The van der Waals surface area contributed by atoms with Gasteiger partial charge in [-0.2, -0.15) is 0 Å². The SMILES string of the molecule is CCC[C@H](NC(=O)C(CC(C)(C)C)NC(=O)c1cc[nH+]cc1)C(=O)N[C@H](CN[C@@H](C)C(=O)NCc1nc2ccccc2[nH]1)Cc1ccccc1. The minimum atomic E-state index is -0.848. The molecular weight excluding hydrogens is 632 g/mol. The van der Waals surface area contributed by atoms with E-state index in [9.17, 15) is 19.2 Å². The average molecular weight is 684 g/mol. The number of amides is 4. The first-order valence-electron chi connectivity index (χ1n) is 17.3. The fraction of sp³-hybridized carbons (Fsp3) is 0.421. The van der Waals surface area contributed by atoms with Crippen molar-refractivity contribution in [3.63, 3.8) is 0 Å². The first-order chi connectivity index (χ1) is 23.9. The molecule has 0 spiro atoms. The second kappa shape index (κ2) is 18.1. The molecule has 2 heterocycles. The average Bonchev–Trinajstić information content (AvgIpc) is 3.52. The number of carbonyl (C=O) groups is 4. The number of benzene rings is 2. The number of nitrogens with one attached hydrogen (secondary N) is 7. The number of hydrogen-bond donors (Lipinski definition) is 6. The van der Waals surface area contributed by atoms with Crippen LogP contribution in [0.25, 0.3) is 11.0 Å². The number of rotatable bonds is 17. The largest absolute Gasteiger partial charge is 0.350 e. The molecule has 4 rings (SSSR count). The van der Waals surface area contributed by atoms with E-state index in [0.29, 0.717) is 43.6 Å². The summed E-state index contributed by atoms with van der Waals surface area (Å²) in [6.45, 7) is 10.3. The number of hydrogen-bond acceptors (Lipinski definition) is 6. The predicted molar refractivity (Wildman–Crippen MR) is 193 cm³/mol. The number of aromatic nitrogens is 3. The van der Waals surface area contributed by atoms with Crippen molar-refractivity contribution in [2.24, 2.45) is 5.41 Å². The summed E-state index contributed by atoms with van der Waals surface area (Å²) in [5.41, 5.74) is 2.90. The van der Waals surface area contributed by atoms with Gasteiger partial charge in [-0.1, -0.05) is 76.6 Å². The number of para-hydroxylation sites is 2. The molecule has 50 heavy (non-hydrogen) atoms. The van der Waals surface area contributed by atoms with Crippen LogP contribution >= 0.6 is 0 Å². The molecule has 0 aliphatic carbocycles. The summed E-state index contributed by atoms with van der Waals surface area (Å²) in [6.07, 6.45) is 5.24. The Balaban J connectivity index is 1.40. The molecule has 0 radical (unpaired) electrons. The van der Waals surface area contributed by atoms with Crippen molar-refractivity contribution >= 4 is 34.7 Å². The number of pyridine rings is 1. The normalized spacial score (nSPS) is 13.9. The summed E-state index contributed by atoms with van der Waals surface area (Å²) in [5, 5.41) is 15.1. The summed E-state index contributed by atoms with van der Waals surface area (Å²) < 4.78 is 0. The Morgan fingerprint density at radius 3 is 2.20 bits per heavy atom. The molecule has 0 aliphatic rings. The zero-order valence-corrected chi connectivity index (χ0v) is 29.6. The van der Waals surface area contributed by atoms with Crippen LogP contribution in [0.1, 0.15) is 75.6 Å². The molecule has 266 valence electrons. The smallest absolute Gasteiger partial charge is 0.252 e. The zero-order valence-electron chi connectivity index (χ0n) is 29.6. The maximum absolute atomic E-state index is 13.8. The van der Waals surface area contributed by atoms with Crippen molar-refractivity contribution in [2.75, 3.05) is 6.54 Å². The van der Waals surface area contributed by atoms with E-state index in [1.165, 1.54) is 0 Å². The minimum Gasteiger partial charge on any atom is -0.350 e. The van der Waals surface area contributed by atoms with Crippen molar-refractivity contribution in [3.05, 3.63) is 96.1 Å². The molecule has 1 unspecified atom stereocenters. The number of nitrogens with zero attached hydrogens (tertiary/aromatic N) is 1. The molecule has 4 atom stereocenters. The monoisotopic (exact) mass is 683 g/mol. The Labute approximate surface area is 294 Å². The van der Waals surface area contributed by atoms with Crippen LogP contribution < -0.4 is 31.6 Å². The van der Waals surface area contributed by atoms with Crippen molar-refractivity contribution in [2.45, 2.75) is 91.0 Å². The molecular formula is C38H51N8O4+. The number of aromatic amines is 2. The van der Waals surface area contributed by atoms with E-state index in [1.54, 1.807) is 31.5 Å². The summed E-state index contributed by atoms with van der Waals surface area (Å²) in [6, 6.07) is 18.1. The lowest BCUT2D eigenvalue weighted by molar-refractivity contribution is -0.378. The van der Waals surface area contributed by atoms with Gasteiger partial charge in [0.2, 0.25) is 17.7 Å². The second-order valence-electron chi connectivity index (χ2n) is 13.9. The van der Waals surface area contributed by atoms with Crippen LogP contribution in [0.3, 0.4) is 0 Å². The number of carbonyl (C=O) groups excluding carboxylic acids is 4. The molecule has 12 heteroatoms. The van der Waals surface area contributed by atoms with Crippen LogP contribution in [0.15, 0.2) is 79.1 Å². The van der Waals surface area contributed by atoms with Crippen LogP contribution in [-0.4, -0.2) is 64.3 Å². The highest BCUT2D eigenvalue weighted by molar-refractivity contribution is 5.98. The fourth-order valence-electron chi connectivity index (χ4n) is 5.63. The highest BCUT2D eigenvalue weighted by atomic mass is 16.2. The van der Waals surface area contributed by atoms with E-state index in [1.807, 2.05) is 82.3 Å². The molecule has 0 fully saturated rings. The number of H-pyrrole nitrogens is 2. The topological polar surface area (TPSA) is 171 Å². The van der Waals surface area contributed by atoms with Crippen LogP contribution in [0.5, 0.6) is 0 Å². The Bertz CT molecular complexity index is 1670. The van der Waals surface area contributed by atoms with Gasteiger partial charge in [-0.25, -0.2) is 9.97 Å². The third-order valence-corrected chi connectivity index (χ3v) is 8.23. The van der Waals surface area contributed by atoms with Gasteiger partial charge in [0.15, 0.2) is 12.4 Å². The van der Waals surface area contributed by atoms with Gasteiger partial charge in [0.05, 0.1) is 29.2 Å². The van der Waals surface area contributed by atoms with E-state index >= 15 is 0 Å². The minimum absolute atomic E-state index is 0.202. The molecule has 4 amide bonds. The molecule has 4 aromatic rings. The maximum atomic E-state index is 13.8. The molecule has 2 aromatic heterocycles. The number of imidazole rings is 1. The first-order valence-corrected chi connectivity index (χ1v) is 17.3. The van der Waals surface area contributed by atoms with Crippen LogP contribution in [0.2, 0.25) is 0 Å². The van der Waals surface area contributed by atoms with Crippen LogP contribution in [-0.2, 0) is 27.3 Å². The summed E-state index contributed by atoms with van der Waals surface area (Å²) in [4.78, 5) is 64.1. The molecule has 0 saturated carbocycles. The van der Waals surface area contributed by atoms with Gasteiger partial charge < -0.3 is 31.6 Å². The van der Waals surface area contributed by atoms with E-state index < -0.39 is 24.0 Å². The Morgan fingerprint density at radius 2 is 1.52 bits per heavy atom. The molecule has 12 nitrogen and oxygen atoms in total. The lowest BCUT2D eigenvalue weighted by Crippen LogP contribution is -2.57. The third-order valence-electron chi connectivity index (χ3n) is 8.23. The fourth-order valence-corrected chi connectivity index (χ4v) is 5.63. The van der Waals surface area contributed by atoms with Crippen molar-refractivity contribution in [1.82, 2.24) is 36.6 Å². The highest BCUT2D eigenvalue weighted by Gasteiger charge is 2.31. The van der Waals surface area contributed by atoms with Gasteiger partial charge in [-0.15, -0.1) is 0 Å². The Morgan fingerprint density at radius 1 is 0.840 bits per heavy atom. The van der Waals surface area contributed by atoms with Gasteiger partial charge in [-0.3, -0.25) is 19.2 Å². The van der Waals surface area contributed by atoms with Crippen molar-refractivity contribution in [3.8, 4) is 0 Å². The summed E-state index contributed by atoms with van der Waals surface area (Å²) in [5.74, 6) is -0.661. The first kappa shape index (κ1) is 37.7. The van der Waals surface area contributed by atoms with Gasteiger partial charge in [-0.05, 0) is 49.3 Å². The van der Waals surface area contributed by atoms with Gasteiger partial charge in [0.25, 0.3) is 5.91 Å². The molecule has 0 bridgehead atoms. The lowest BCUT2D eigenvalue weighted by atomic mass is 9.87. The van der Waals surface area contributed by atoms with Gasteiger partial charge in [0, 0.05) is 24.7 Å². The standard InChI is InChI=1S/C38H50N8O4/c1-6-12-31(45-37(50)32(22-38(3,4)5)46-35(48)27-17-19-39-20-18-27)36(49)42-28(21-26-13-8-7-9-14-26)23-40-25(2)34(47)41-24-33-43-29-15-10-11-16-30(29)44-33/h7-11,13-20,25,28,31-32,40H,6,12,21-24H2,1-5H3,(H,41,47)(H,42,49)(H,43,44)(H,45,50)(H,46,48)/p+1/t25-,28-,31-,32?/m0/s1.